The van der Waals surface area contributed by atoms with Gasteiger partial charge in [-0.15, -0.1) is 0 Å². The van der Waals surface area contributed by atoms with Gasteiger partial charge in [0.25, 0.3) is 11.8 Å². The first kappa shape index (κ1) is 20.8. The van der Waals surface area contributed by atoms with Crippen LogP contribution in [0.25, 0.3) is 0 Å². The van der Waals surface area contributed by atoms with Gasteiger partial charge in [-0.25, -0.2) is 4.79 Å². The molecule has 1 aromatic carbocycles. The highest BCUT2D eigenvalue weighted by Gasteiger charge is 2.54. The lowest BCUT2D eigenvalue weighted by molar-refractivity contribution is -0.156. The number of ether oxygens (including phenoxy) is 2. The van der Waals surface area contributed by atoms with Crippen LogP contribution >= 0.6 is 0 Å². The van der Waals surface area contributed by atoms with Gasteiger partial charge in [0.05, 0.1) is 6.61 Å². The van der Waals surface area contributed by atoms with Gasteiger partial charge >= 0.3 is 12.0 Å². The summed E-state index contributed by atoms with van der Waals surface area (Å²) in [5.41, 5.74) is 0.638. The predicted molar refractivity (Wildman–Crippen MR) is 102 cm³/mol. The van der Waals surface area contributed by atoms with Crippen molar-refractivity contribution in [3.8, 4) is 0 Å². The van der Waals surface area contributed by atoms with Crippen molar-refractivity contribution in [2.45, 2.75) is 37.8 Å². The molecule has 0 unspecified atom stereocenters. The molecule has 4 amide bonds. The van der Waals surface area contributed by atoms with Crippen LogP contribution in [0.1, 0.15) is 30.9 Å². The summed E-state index contributed by atoms with van der Waals surface area (Å²) in [6.07, 6.45) is 1.00. The Kier molecular flexibility index (Phi) is 6.17. The molecule has 0 saturated carbocycles. The summed E-state index contributed by atoms with van der Waals surface area (Å²) in [6, 6.07) is 6.86. The maximum Gasteiger partial charge on any atom is 0.327 e. The van der Waals surface area contributed by atoms with E-state index in [4.69, 9.17) is 9.47 Å². The number of carbonyl (C=O) groups is 4. The van der Waals surface area contributed by atoms with E-state index in [1.807, 2.05) is 24.3 Å². The molecule has 0 radical (unpaired) electrons. The highest BCUT2D eigenvalue weighted by Crippen LogP contribution is 2.39. The average Bonchev–Trinajstić information content (AvgIpc) is 2.93. The lowest BCUT2D eigenvalue weighted by Gasteiger charge is -2.33. The molecule has 1 aromatic rings. The lowest BCUT2D eigenvalue weighted by Crippen LogP contribution is -2.47. The van der Waals surface area contributed by atoms with Crippen molar-refractivity contribution >= 4 is 23.8 Å². The zero-order valence-electron chi connectivity index (χ0n) is 16.5. The Morgan fingerprint density at radius 1 is 1.31 bits per heavy atom. The fourth-order valence-corrected chi connectivity index (χ4v) is 3.79. The minimum atomic E-state index is -1.14. The number of hydrogen-bond acceptors (Lipinski definition) is 6. The number of nitrogens with zero attached hydrogens (tertiary/aromatic N) is 1. The molecule has 1 aliphatic heterocycles. The standard InChI is InChI=1S/C20H25N3O6/c1-13(17(25)21-10-11-28-2)29-16(24)12-23-18(26)20(22-19(23)27)9-5-7-14-6-3-4-8-15(14)20/h3-4,6,8,13H,5,7,9-12H2,1-2H3,(H,21,25)(H,22,27)/t13-,20+/m0/s1. The molecule has 0 aromatic heterocycles. The SMILES string of the molecule is COCCNC(=O)[C@H](C)OC(=O)CN1C(=O)N[C@@]2(CCCc3ccccc32)C1=O. The largest absolute Gasteiger partial charge is 0.451 e. The van der Waals surface area contributed by atoms with Crippen LogP contribution in [0.3, 0.4) is 0 Å². The van der Waals surface area contributed by atoms with Gasteiger partial charge in [0.1, 0.15) is 12.1 Å². The highest BCUT2D eigenvalue weighted by atomic mass is 16.5. The quantitative estimate of drug-likeness (QED) is 0.389. The molecule has 9 heteroatoms. The van der Waals surface area contributed by atoms with E-state index < -0.39 is 42.0 Å². The van der Waals surface area contributed by atoms with Crippen LogP contribution in [0.15, 0.2) is 24.3 Å². The van der Waals surface area contributed by atoms with Gasteiger partial charge in [0.15, 0.2) is 6.10 Å². The fraction of sp³-hybridized carbons (Fsp3) is 0.500. The number of aryl methyl sites for hydroxylation is 1. The van der Waals surface area contributed by atoms with Crippen molar-refractivity contribution in [1.82, 2.24) is 15.5 Å². The Bertz CT molecular complexity index is 826. The van der Waals surface area contributed by atoms with Crippen LogP contribution < -0.4 is 10.6 Å². The first-order valence-electron chi connectivity index (χ1n) is 9.57. The number of fused-ring (bicyclic) bond motifs is 2. The molecular formula is C20H25N3O6. The number of benzene rings is 1. The van der Waals surface area contributed by atoms with Gasteiger partial charge in [-0.3, -0.25) is 19.3 Å². The molecule has 2 atom stereocenters. The Hall–Kier alpha value is -2.94. The van der Waals surface area contributed by atoms with Gasteiger partial charge in [-0.2, -0.15) is 0 Å². The molecule has 3 rings (SSSR count). The summed E-state index contributed by atoms with van der Waals surface area (Å²) < 4.78 is 9.91. The molecule has 1 aliphatic carbocycles. The third-order valence-electron chi connectivity index (χ3n) is 5.22. The van der Waals surface area contributed by atoms with Crippen LogP contribution in [0.5, 0.6) is 0 Å². The average molecular weight is 403 g/mol. The monoisotopic (exact) mass is 403 g/mol. The Morgan fingerprint density at radius 2 is 2.07 bits per heavy atom. The fourth-order valence-electron chi connectivity index (χ4n) is 3.79. The van der Waals surface area contributed by atoms with Crippen molar-refractivity contribution < 1.29 is 28.7 Å². The van der Waals surface area contributed by atoms with Crippen LogP contribution in [-0.2, 0) is 35.8 Å². The van der Waals surface area contributed by atoms with E-state index in [-0.39, 0.29) is 6.54 Å². The molecule has 1 fully saturated rings. The van der Waals surface area contributed by atoms with E-state index >= 15 is 0 Å². The van der Waals surface area contributed by atoms with Crippen molar-refractivity contribution in [2.75, 3.05) is 26.8 Å². The van der Waals surface area contributed by atoms with E-state index in [2.05, 4.69) is 10.6 Å². The Balaban J connectivity index is 1.66. The van der Waals surface area contributed by atoms with Gasteiger partial charge < -0.3 is 20.1 Å². The number of rotatable bonds is 7. The van der Waals surface area contributed by atoms with Gasteiger partial charge in [0, 0.05) is 13.7 Å². The molecular weight excluding hydrogens is 378 g/mol. The molecule has 2 aliphatic rings. The summed E-state index contributed by atoms with van der Waals surface area (Å²) in [4.78, 5) is 50.6. The maximum atomic E-state index is 13.1. The summed E-state index contributed by atoms with van der Waals surface area (Å²) in [7, 11) is 1.51. The predicted octanol–water partition coefficient (Wildman–Crippen LogP) is 0.464. The molecule has 9 nitrogen and oxygen atoms in total. The normalized spacial score (nSPS) is 21.5. The van der Waals surface area contributed by atoms with E-state index in [0.717, 1.165) is 28.9 Å². The van der Waals surface area contributed by atoms with Crippen molar-refractivity contribution in [3.63, 3.8) is 0 Å². The van der Waals surface area contributed by atoms with Crippen LogP contribution in [0, 0.1) is 0 Å². The minimum absolute atomic E-state index is 0.284. The molecule has 0 bridgehead atoms. The topological polar surface area (TPSA) is 114 Å². The van der Waals surface area contributed by atoms with Gasteiger partial charge in [0.2, 0.25) is 0 Å². The molecule has 1 spiro atoms. The van der Waals surface area contributed by atoms with E-state index in [0.29, 0.717) is 13.0 Å². The third kappa shape index (κ3) is 4.09. The molecule has 1 heterocycles. The number of imide groups is 1. The van der Waals surface area contributed by atoms with Crippen LogP contribution in [-0.4, -0.2) is 61.6 Å². The summed E-state index contributed by atoms with van der Waals surface area (Å²) in [5.74, 6) is -1.78. The number of carbonyl (C=O) groups excluding carboxylic acids is 4. The number of urea groups is 1. The maximum absolute atomic E-state index is 13.1. The second-order valence-electron chi connectivity index (χ2n) is 7.15. The van der Waals surface area contributed by atoms with E-state index in [9.17, 15) is 19.2 Å². The van der Waals surface area contributed by atoms with Crippen molar-refractivity contribution in [3.05, 3.63) is 35.4 Å². The second kappa shape index (κ2) is 8.60. The summed E-state index contributed by atoms with van der Waals surface area (Å²) >= 11 is 0. The first-order chi connectivity index (χ1) is 13.9. The zero-order valence-corrected chi connectivity index (χ0v) is 16.5. The second-order valence-corrected chi connectivity index (χ2v) is 7.15. The number of esters is 1. The highest BCUT2D eigenvalue weighted by molar-refractivity contribution is 6.09. The number of nitrogens with one attached hydrogen (secondary N) is 2. The number of amides is 4. The van der Waals surface area contributed by atoms with Crippen molar-refractivity contribution in [2.24, 2.45) is 0 Å². The smallest absolute Gasteiger partial charge is 0.327 e. The summed E-state index contributed by atoms with van der Waals surface area (Å²) in [5, 5.41) is 5.33. The lowest BCUT2D eigenvalue weighted by atomic mass is 9.76. The molecule has 2 N–H and O–H groups in total. The molecule has 156 valence electrons. The van der Waals surface area contributed by atoms with Crippen LogP contribution in [0.2, 0.25) is 0 Å². The summed E-state index contributed by atoms with van der Waals surface area (Å²) in [6.45, 7) is 1.49. The van der Waals surface area contributed by atoms with Crippen LogP contribution in [0.4, 0.5) is 4.79 Å². The van der Waals surface area contributed by atoms with E-state index in [1.54, 1.807) is 0 Å². The number of methoxy groups -OCH3 is 1. The minimum Gasteiger partial charge on any atom is -0.451 e. The van der Waals surface area contributed by atoms with Gasteiger partial charge in [-0.1, -0.05) is 24.3 Å². The zero-order chi connectivity index (χ0) is 21.0. The van der Waals surface area contributed by atoms with E-state index in [1.165, 1.54) is 14.0 Å². The van der Waals surface area contributed by atoms with Gasteiger partial charge in [-0.05, 0) is 37.3 Å². The van der Waals surface area contributed by atoms with Crippen molar-refractivity contribution in [1.29, 1.82) is 0 Å². The molecule has 1 saturated heterocycles. The Labute approximate surface area is 168 Å². The first-order valence-corrected chi connectivity index (χ1v) is 9.57. The third-order valence-corrected chi connectivity index (χ3v) is 5.22. The molecule has 29 heavy (non-hydrogen) atoms. The number of hydrogen-bond donors (Lipinski definition) is 2. The Morgan fingerprint density at radius 3 is 2.83 bits per heavy atom.